The van der Waals surface area contributed by atoms with E-state index in [1.807, 2.05) is 34.6 Å². The molecule has 0 atom stereocenters. The molecule has 2 rings (SSSR count). The van der Waals surface area contributed by atoms with Gasteiger partial charge in [0.15, 0.2) is 0 Å². The van der Waals surface area contributed by atoms with Crippen molar-refractivity contribution in [1.82, 2.24) is 0 Å². The summed E-state index contributed by atoms with van der Waals surface area (Å²) in [5.74, 6) is -0.710. The Morgan fingerprint density at radius 2 is 1.56 bits per heavy atom. The first-order chi connectivity index (χ1) is 11.5. The van der Waals surface area contributed by atoms with Gasteiger partial charge >= 0.3 is 0 Å². The number of rotatable bonds is 2. The van der Waals surface area contributed by atoms with Crippen LogP contribution < -0.4 is 10.2 Å². The van der Waals surface area contributed by atoms with Gasteiger partial charge in [0.2, 0.25) is 5.12 Å². The van der Waals surface area contributed by atoms with Crippen molar-refractivity contribution in [2.24, 2.45) is 5.41 Å². The molecule has 0 spiro atoms. The number of nitrogens with zero attached hydrogens (tertiary/aromatic N) is 1. The Morgan fingerprint density at radius 3 is 2.00 bits per heavy atom. The van der Waals surface area contributed by atoms with Crippen LogP contribution in [0.2, 0.25) is 0 Å². The lowest BCUT2D eigenvalue weighted by atomic mass is 10.00. The minimum atomic E-state index is -0.478. The molecule has 0 bridgehead atoms. The Hall–Kier alpha value is -1.99. The number of carbonyl (C=O) groups excluding carboxylic acids is 3. The number of hydrogen-bond acceptors (Lipinski definition) is 5. The van der Waals surface area contributed by atoms with Crippen LogP contribution in [0.4, 0.5) is 11.4 Å². The number of thioether (sulfide) groups is 1. The largest absolute Gasteiger partial charge is 0.340 e. The summed E-state index contributed by atoms with van der Waals surface area (Å²) in [6.45, 7) is 9.24. The van der Waals surface area contributed by atoms with Crippen molar-refractivity contribution in [3.8, 4) is 0 Å². The summed E-state index contributed by atoms with van der Waals surface area (Å²) in [7, 11) is 0. The predicted molar refractivity (Wildman–Crippen MR) is 106 cm³/mol. The van der Waals surface area contributed by atoms with Gasteiger partial charge in [0, 0.05) is 23.3 Å². The van der Waals surface area contributed by atoms with E-state index >= 15 is 0 Å². The lowest BCUT2D eigenvalue weighted by Crippen LogP contribution is -2.29. The summed E-state index contributed by atoms with van der Waals surface area (Å²) >= 11 is 6.28. The van der Waals surface area contributed by atoms with Crippen molar-refractivity contribution in [2.75, 3.05) is 10.2 Å². The third kappa shape index (κ3) is 4.35. The van der Waals surface area contributed by atoms with Crippen molar-refractivity contribution in [2.45, 2.75) is 34.6 Å². The standard InChI is InChI=1S/C18H20N2O3S2/c1-10-8-12(20-13(21)6-7-14(20)22)9-11(2)15(10)19-17(24)25-16(23)18(3,4)5/h6-9H,1-5H3,(H,19,24). The summed E-state index contributed by atoms with van der Waals surface area (Å²) in [5, 5.41) is 3.07. The molecular formula is C18H20N2O3S2. The molecule has 25 heavy (non-hydrogen) atoms. The molecule has 1 aliphatic heterocycles. The van der Waals surface area contributed by atoms with E-state index in [1.165, 1.54) is 12.2 Å². The first kappa shape index (κ1) is 19.3. The molecule has 0 saturated carbocycles. The van der Waals surface area contributed by atoms with Gasteiger partial charge in [0.05, 0.1) is 5.69 Å². The van der Waals surface area contributed by atoms with Crippen molar-refractivity contribution < 1.29 is 14.4 Å². The zero-order chi connectivity index (χ0) is 18.9. The van der Waals surface area contributed by atoms with Crippen molar-refractivity contribution >= 4 is 56.6 Å². The Kier molecular flexibility index (Phi) is 5.49. The minimum Gasteiger partial charge on any atom is -0.340 e. The number of aryl methyl sites for hydroxylation is 2. The van der Waals surface area contributed by atoms with Gasteiger partial charge in [-0.25, -0.2) is 4.90 Å². The smallest absolute Gasteiger partial charge is 0.258 e. The quantitative estimate of drug-likeness (QED) is 0.627. The first-order valence-electron chi connectivity index (χ1n) is 7.71. The van der Waals surface area contributed by atoms with Crippen LogP contribution in [0.3, 0.4) is 0 Å². The van der Waals surface area contributed by atoms with E-state index in [1.54, 1.807) is 12.1 Å². The molecule has 1 aliphatic rings. The molecule has 2 amide bonds. The van der Waals surface area contributed by atoms with Crippen molar-refractivity contribution in [1.29, 1.82) is 0 Å². The summed E-state index contributed by atoms with van der Waals surface area (Å²) in [5.41, 5.74) is 2.47. The Labute approximate surface area is 156 Å². The van der Waals surface area contributed by atoms with Gasteiger partial charge in [-0.1, -0.05) is 33.0 Å². The number of carbonyl (C=O) groups is 3. The molecule has 132 valence electrons. The zero-order valence-electron chi connectivity index (χ0n) is 14.8. The minimum absolute atomic E-state index is 0.0174. The third-order valence-corrected chi connectivity index (χ3v) is 5.05. The third-order valence-electron chi connectivity index (χ3n) is 3.61. The van der Waals surface area contributed by atoms with Gasteiger partial charge in [0.25, 0.3) is 11.8 Å². The van der Waals surface area contributed by atoms with Crippen LogP contribution in [0.5, 0.6) is 0 Å². The average molecular weight is 377 g/mol. The number of hydrogen-bond donors (Lipinski definition) is 1. The van der Waals surface area contributed by atoms with Gasteiger partial charge in [-0.3, -0.25) is 14.4 Å². The van der Waals surface area contributed by atoms with Crippen LogP contribution in [0, 0.1) is 19.3 Å². The SMILES string of the molecule is Cc1cc(N2C(=O)C=CC2=O)cc(C)c1NC(=S)SC(=O)C(C)(C)C. The first-order valence-corrected chi connectivity index (χ1v) is 8.94. The van der Waals surface area contributed by atoms with Crippen LogP contribution in [-0.4, -0.2) is 21.3 Å². The maximum Gasteiger partial charge on any atom is 0.258 e. The summed E-state index contributed by atoms with van der Waals surface area (Å²) < 4.78 is 0.369. The molecule has 1 N–H and O–H groups in total. The monoisotopic (exact) mass is 376 g/mol. The van der Waals surface area contributed by atoms with E-state index in [2.05, 4.69) is 5.32 Å². The highest BCUT2D eigenvalue weighted by Crippen LogP contribution is 2.31. The van der Waals surface area contributed by atoms with Crippen LogP contribution in [0.25, 0.3) is 0 Å². The Morgan fingerprint density at radius 1 is 1.08 bits per heavy atom. The van der Waals surface area contributed by atoms with E-state index in [0.717, 1.165) is 33.5 Å². The van der Waals surface area contributed by atoms with E-state index in [9.17, 15) is 14.4 Å². The van der Waals surface area contributed by atoms with Crippen LogP contribution in [0.1, 0.15) is 31.9 Å². The van der Waals surface area contributed by atoms with Gasteiger partial charge in [-0.2, -0.15) is 0 Å². The second-order valence-electron chi connectivity index (χ2n) is 6.85. The lowest BCUT2D eigenvalue weighted by Gasteiger charge is -2.20. The highest BCUT2D eigenvalue weighted by Gasteiger charge is 2.27. The molecule has 1 heterocycles. The molecule has 1 aromatic carbocycles. The lowest BCUT2D eigenvalue weighted by molar-refractivity contribution is -0.120. The van der Waals surface area contributed by atoms with E-state index in [4.69, 9.17) is 12.2 Å². The van der Waals surface area contributed by atoms with Crippen LogP contribution >= 0.6 is 24.0 Å². The highest BCUT2D eigenvalue weighted by atomic mass is 32.2. The number of thiocarbonyl (C=S) groups is 1. The molecule has 0 aromatic heterocycles. The highest BCUT2D eigenvalue weighted by molar-refractivity contribution is 8.33. The molecule has 5 nitrogen and oxygen atoms in total. The molecule has 7 heteroatoms. The molecule has 0 unspecified atom stereocenters. The maximum atomic E-state index is 12.1. The summed E-state index contributed by atoms with van der Waals surface area (Å²) in [6.07, 6.45) is 2.51. The Bertz CT molecular complexity index is 766. The van der Waals surface area contributed by atoms with E-state index in [0.29, 0.717) is 10.0 Å². The van der Waals surface area contributed by atoms with Gasteiger partial charge in [-0.15, -0.1) is 0 Å². The molecule has 0 fully saturated rings. The van der Waals surface area contributed by atoms with E-state index < -0.39 is 5.41 Å². The average Bonchev–Trinajstić information content (AvgIpc) is 2.80. The second kappa shape index (κ2) is 7.09. The number of nitrogens with one attached hydrogen (secondary N) is 1. The zero-order valence-corrected chi connectivity index (χ0v) is 16.4. The topological polar surface area (TPSA) is 66.5 Å². The fraction of sp³-hybridized carbons (Fsp3) is 0.333. The fourth-order valence-corrected chi connectivity index (χ4v) is 3.24. The van der Waals surface area contributed by atoms with Crippen LogP contribution in [-0.2, 0) is 14.4 Å². The normalized spacial score (nSPS) is 14.2. The molecule has 0 radical (unpaired) electrons. The second-order valence-corrected chi connectivity index (χ2v) is 8.50. The van der Waals surface area contributed by atoms with Gasteiger partial charge < -0.3 is 5.32 Å². The van der Waals surface area contributed by atoms with Gasteiger partial charge in [0.1, 0.15) is 4.32 Å². The molecule has 0 aliphatic carbocycles. The van der Waals surface area contributed by atoms with Crippen LogP contribution in [0.15, 0.2) is 24.3 Å². The fourth-order valence-electron chi connectivity index (χ4n) is 2.29. The molecule has 0 saturated heterocycles. The summed E-state index contributed by atoms with van der Waals surface area (Å²) in [6, 6.07) is 3.49. The number of benzene rings is 1. The predicted octanol–water partition coefficient (Wildman–Crippen LogP) is 3.74. The number of imide groups is 1. The van der Waals surface area contributed by atoms with Gasteiger partial charge in [-0.05, 0) is 48.9 Å². The number of anilines is 2. The van der Waals surface area contributed by atoms with Crippen molar-refractivity contribution in [3.05, 3.63) is 35.4 Å². The van der Waals surface area contributed by atoms with Crippen molar-refractivity contribution in [3.63, 3.8) is 0 Å². The number of amides is 2. The molecule has 1 aromatic rings. The summed E-state index contributed by atoms with van der Waals surface area (Å²) in [4.78, 5) is 36.9. The maximum absolute atomic E-state index is 12.1. The Balaban J connectivity index is 2.21. The molecular weight excluding hydrogens is 356 g/mol. The van der Waals surface area contributed by atoms with E-state index in [-0.39, 0.29) is 16.9 Å².